The molecule has 1 aromatic rings. The van der Waals surface area contributed by atoms with Gasteiger partial charge in [0.25, 0.3) is 0 Å². The van der Waals surface area contributed by atoms with Crippen LogP contribution < -0.4 is 5.32 Å². The molecule has 0 aliphatic heterocycles. The van der Waals surface area contributed by atoms with Gasteiger partial charge in [-0.1, -0.05) is 6.07 Å². The maximum atomic E-state index is 12.5. The fourth-order valence-corrected chi connectivity index (χ4v) is 2.02. The van der Waals surface area contributed by atoms with Crippen LogP contribution in [0.5, 0.6) is 0 Å². The molecule has 1 N–H and O–H groups in total. The van der Waals surface area contributed by atoms with Gasteiger partial charge in [0.05, 0.1) is 12.2 Å². The highest BCUT2D eigenvalue weighted by molar-refractivity contribution is 6.11. The van der Waals surface area contributed by atoms with Crippen LogP contribution in [0.1, 0.15) is 41.5 Å². The summed E-state index contributed by atoms with van der Waals surface area (Å²) in [4.78, 5) is 36.2. The molecule has 0 amide bonds. The van der Waals surface area contributed by atoms with Gasteiger partial charge in [-0.2, -0.15) is 0 Å². The van der Waals surface area contributed by atoms with Crippen molar-refractivity contribution in [2.24, 2.45) is 0 Å². The SMILES string of the molecule is COC(C)C(=O)c1cccc(C(=O)C(C)OC)c1NCC(C)=O. The Morgan fingerprint density at radius 3 is 1.78 bits per heavy atom. The predicted octanol–water partition coefficient (Wildman–Crippen LogP) is 2.12. The molecule has 6 nitrogen and oxygen atoms in total. The monoisotopic (exact) mass is 321 g/mol. The van der Waals surface area contributed by atoms with Gasteiger partial charge in [-0.15, -0.1) is 0 Å². The maximum Gasteiger partial charge on any atom is 0.193 e. The summed E-state index contributed by atoms with van der Waals surface area (Å²) in [5, 5.41) is 2.90. The number of carbonyl (C=O) groups is 3. The number of hydrogen-bond acceptors (Lipinski definition) is 6. The standard InChI is InChI=1S/C17H23NO5/c1-10(19)9-18-15-13(16(20)11(2)22-4)7-6-8-14(15)17(21)12(3)23-5/h6-8,11-12,18H,9H2,1-5H3. The molecule has 0 fully saturated rings. The van der Waals surface area contributed by atoms with Crippen molar-refractivity contribution in [3.05, 3.63) is 29.3 Å². The smallest absolute Gasteiger partial charge is 0.193 e. The lowest BCUT2D eigenvalue weighted by Crippen LogP contribution is -2.25. The Bertz CT molecular complexity index is 556. The summed E-state index contributed by atoms with van der Waals surface area (Å²) in [6.45, 7) is 4.70. The molecule has 6 heteroatoms. The van der Waals surface area contributed by atoms with Gasteiger partial charge in [-0.25, -0.2) is 0 Å². The Labute approximate surface area is 136 Å². The Morgan fingerprint density at radius 2 is 1.43 bits per heavy atom. The van der Waals surface area contributed by atoms with E-state index in [-0.39, 0.29) is 23.9 Å². The van der Waals surface area contributed by atoms with Gasteiger partial charge in [-0.05, 0) is 32.9 Å². The molecule has 0 aliphatic carbocycles. The lowest BCUT2D eigenvalue weighted by Gasteiger charge is -2.18. The summed E-state index contributed by atoms with van der Waals surface area (Å²) in [5.41, 5.74) is 0.968. The fourth-order valence-electron chi connectivity index (χ4n) is 2.02. The summed E-state index contributed by atoms with van der Waals surface area (Å²) < 4.78 is 10.1. The summed E-state index contributed by atoms with van der Waals surface area (Å²) >= 11 is 0. The highest BCUT2D eigenvalue weighted by Gasteiger charge is 2.24. The topological polar surface area (TPSA) is 81.7 Å². The van der Waals surface area contributed by atoms with Gasteiger partial charge in [-0.3, -0.25) is 14.4 Å². The van der Waals surface area contributed by atoms with Gasteiger partial charge in [0.1, 0.15) is 18.0 Å². The number of anilines is 1. The Kier molecular flexibility index (Phi) is 7.06. The molecule has 0 saturated carbocycles. The number of ketones is 3. The van der Waals surface area contributed by atoms with E-state index in [0.29, 0.717) is 16.8 Å². The minimum absolute atomic E-state index is 0.0211. The van der Waals surface area contributed by atoms with E-state index in [4.69, 9.17) is 9.47 Å². The van der Waals surface area contributed by atoms with Crippen molar-refractivity contribution in [1.82, 2.24) is 0 Å². The van der Waals surface area contributed by atoms with E-state index in [1.54, 1.807) is 32.0 Å². The molecule has 0 aliphatic rings. The average Bonchev–Trinajstić information content (AvgIpc) is 2.56. The van der Waals surface area contributed by atoms with E-state index in [1.807, 2.05) is 0 Å². The summed E-state index contributed by atoms with van der Waals surface area (Å²) in [6.07, 6.45) is -1.31. The third kappa shape index (κ3) is 4.71. The molecular weight excluding hydrogens is 298 g/mol. The molecular formula is C17H23NO5. The number of rotatable bonds is 9. The molecule has 2 atom stereocenters. The molecule has 1 aromatic carbocycles. The van der Waals surface area contributed by atoms with Crippen LogP contribution in [0.2, 0.25) is 0 Å². The maximum absolute atomic E-state index is 12.5. The van der Waals surface area contributed by atoms with E-state index in [0.717, 1.165) is 0 Å². The first-order valence-electron chi connectivity index (χ1n) is 7.33. The number of ether oxygens (including phenoxy) is 2. The first kappa shape index (κ1) is 19.0. The van der Waals surface area contributed by atoms with Crippen LogP contribution in [-0.2, 0) is 14.3 Å². The van der Waals surface area contributed by atoms with Gasteiger partial charge >= 0.3 is 0 Å². The molecule has 0 saturated heterocycles. The molecule has 0 heterocycles. The highest BCUT2D eigenvalue weighted by atomic mass is 16.5. The van der Waals surface area contributed by atoms with Crippen molar-refractivity contribution >= 4 is 23.0 Å². The number of nitrogens with one attached hydrogen (secondary N) is 1. The Hall–Kier alpha value is -2.05. The molecule has 0 bridgehead atoms. The number of para-hydroxylation sites is 1. The zero-order valence-electron chi connectivity index (χ0n) is 14.1. The van der Waals surface area contributed by atoms with Crippen molar-refractivity contribution in [3.63, 3.8) is 0 Å². The van der Waals surface area contributed by atoms with Gasteiger partial charge < -0.3 is 14.8 Å². The van der Waals surface area contributed by atoms with Gasteiger partial charge in [0.2, 0.25) is 0 Å². The van der Waals surface area contributed by atoms with E-state index in [9.17, 15) is 14.4 Å². The zero-order valence-corrected chi connectivity index (χ0v) is 14.1. The average molecular weight is 321 g/mol. The second kappa shape index (κ2) is 8.55. The molecule has 0 radical (unpaired) electrons. The van der Waals surface area contributed by atoms with Crippen LogP contribution in [0.15, 0.2) is 18.2 Å². The third-order valence-corrected chi connectivity index (χ3v) is 3.56. The van der Waals surface area contributed by atoms with E-state index in [2.05, 4.69) is 5.32 Å². The van der Waals surface area contributed by atoms with Crippen molar-refractivity contribution in [2.45, 2.75) is 33.0 Å². The Morgan fingerprint density at radius 1 is 1.00 bits per heavy atom. The number of methoxy groups -OCH3 is 2. The predicted molar refractivity (Wildman–Crippen MR) is 87.2 cm³/mol. The number of hydrogen-bond donors (Lipinski definition) is 1. The first-order chi connectivity index (χ1) is 10.8. The number of Topliss-reactive ketones (excluding diaryl/α,β-unsaturated/α-hetero) is 3. The largest absolute Gasteiger partial charge is 0.377 e. The van der Waals surface area contributed by atoms with E-state index >= 15 is 0 Å². The summed E-state index contributed by atoms with van der Waals surface area (Å²) in [6, 6.07) is 4.84. The van der Waals surface area contributed by atoms with Crippen LogP contribution in [0.4, 0.5) is 5.69 Å². The van der Waals surface area contributed by atoms with Crippen LogP contribution in [0.3, 0.4) is 0 Å². The minimum Gasteiger partial charge on any atom is -0.377 e. The fraction of sp³-hybridized carbons (Fsp3) is 0.471. The van der Waals surface area contributed by atoms with Crippen molar-refractivity contribution in [3.8, 4) is 0 Å². The van der Waals surface area contributed by atoms with Crippen LogP contribution in [-0.4, -0.2) is 50.3 Å². The lowest BCUT2D eigenvalue weighted by atomic mass is 9.96. The third-order valence-electron chi connectivity index (χ3n) is 3.56. The molecule has 0 aromatic heterocycles. The minimum atomic E-state index is -0.655. The van der Waals surface area contributed by atoms with Crippen LogP contribution >= 0.6 is 0 Å². The quantitative estimate of drug-likeness (QED) is 0.702. The molecule has 1 rings (SSSR count). The molecule has 0 spiro atoms. The first-order valence-corrected chi connectivity index (χ1v) is 7.33. The molecule has 2 unspecified atom stereocenters. The van der Waals surface area contributed by atoms with E-state index in [1.165, 1.54) is 21.1 Å². The second-order valence-electron chi connectivity index (χ2n) is 5.27. The number of benzene rings is 1. The van der Waals surface area contributed by atoms with E-state index < -0.39 is 12.2 Å². The number of carbonyl (C=O) groups excluding carboxylic acids is 3. The Balaban J connectivity index is 3.37. The van der Waals surface area contributed by atoms with Crippen molar-refractivity contribution < 1.29 is 23.9 Å². The van der Waals surface area contributed by atoms with Gasteiger partial charge in [0, 0.05) is 25.3 Å². The van der Waals surface area contributed by atoms with Crippen molar-refractivity contribution in [2.75, 3.05) is 26.1 Å². The van der Waals surface area contributed by atoms with Crippen LogP contribution in [0, 0.1) is 0 Å². The molecule has 126 valence electrons. The summed E-state index contributed by atoms with van der Waals surface area (Å²) in [7, 11) is 2.88. The summed E-state index contributed by atoms with van der Waals surface area (Å²) in [5.74, 6) is -0.637. The molecule has 23 heavy (non-hydrogen) atoms. The normalized spacial score (nSPS) is 13.3. The highest BCUT2D eigenvalue weighted by Crippen LogP contribution is 2.25. The zero-order chi connectivity index (χ0) is 17.6. The van der Waals surface area contributed by atoms with Crippen LogP contribution in [0.25, 0.3) is 0 Å². The second-order valence-corrected chi connectivity index (χ2v) is 5.27. The van der Waals surface area contributed by atoms with Gasteiger partial charge in [0.15, 0.2) is 11.6 Å². The van der Waals surface area contributed by atoms with Crippen molar-refractivity contribution in [1.29, 1.82) is 0 Å². The lowest BCUT2D eigenvalue weighted by molar-refractivity contribution is -0.115.